The molecular formula is C6H7N3O2. The number of carbonyl (C=O) groups is 2. The van der Waals surface area contributed by atoms with E-state index in [1.54, 1.807) is 0 Å². The summed E-state index contributed by atoms with van der Waals surface area (Å²) < 4.78 is 0. The number of carbonyl (C=O) groups excluding carboxylic acids is 2. The zero-order chi connectivity index (χ0) is 8.27. The molecule has 0 bridgehead atoms. The summed E-state index contributed by atoms with van der Waals surface area (Å²) >= 11 is 0. The van der Waals surface area contributed by atoms with E-state index in [2.05, 4.69) is 10.3 Å². The Balaban J connectivity index is 2.59. The first kappa shape index (κ1) is 7.46. The molecule has 2 amide bonds. The molecule has 11 heavy (non-hydrogen) atoms. The van der Waals surface area contributed by atoms with Gasteiger partial charge in [-0.2, -0.15) is 0 Å². The molecule has 0 atom stereocenters. The molecule has 0 aromatic carbocycles. The minimum absolute atomic E-state index is 0.0937. The van der Waals surface area contributed by atoms with Crippen LogP contribution in [0, 0.1) is 0 Å². The largest absolute Gasteiger partial charge is 0.351 e. The molecule has 0 saturated carbocycles. The average Bonchev–Trinajstić information content (AvgIpc) is 1.85. The number of hydrogen-bond donors (Lipinski definition) is 2. The van der Waals surface area contributed by atoms with Crippen molar-refractivity contribution in [2.24, 2.45) is 10.7 Å². The maximum Gasteiger partial charge on any atom is 0.317 e. The van der Waals surface area contributed by atoms with Crippen LogP contribution in [0.5, 0.6) is 0 Å². The van der Waals surface area contributed by atoms with Gasteiger partial charge in [0.05, 0.1) is 6.42 Å². The van der Waals surface area contributed by atoms with Crippen LogP contribution in [0.1, 0.15) is 6.42 Å². The number of urea groups is 1. The quantitative estimate of drug-likeness (QED) is 0.493. The number of nitrogens with one attached hydrogen (secondary N) is 1. The lowest BCUT2D eigenvalue weighted by atomic mass is 10.2. The minimum atomic E-state index is -0.702. The molecule has 3 N–H and O–H groups in total. The van der Waals surface area contributed by atoms with Gasteiger partial charge in [-0.05, 0) is 6.08 Å². The fourth-order valence-electron chi connectivity index (χ4n) is 0.699. The van der Waals surface area contributed by atoms with Crippen molar-refractivity contribution in [1.29, 1.82) is 0 Å². The third-order valence-electron chi connectivity index (χ3n) is 1.10. The van der Waals surface area contributed by atoms with Crippen molar-refractivity contribution in [2.45, 2.75) is 6.42 Å². The van der Waals surface area contributed by atoms with Gasteiger partial charge in [0.15, 0.2) is 5.78 Å². The van der Waals surface area contributed by atoms with Crippen LogP contribution in [0.4, 0.5) is 4.79 Å². The van der Waals surface area contributed by atoms with Crippen LogP contribution in [0.15, 0.2) is 17.3 Å². The first-order chi connectivity index (χ1) is 5.18. The minimum Gasteiger partial charge on any atom is -0.351 e. The van der Waals surface area contributed by atoms with Crippen molar-refractivity contribution in [3.05, 3.63) is 12.3 Å². The van der Waals surface area contributed by atoms with E-state index in [-0.39, 0.29) is 12.2 Å². The van der Waals surface area contributed by atoms with E-state index >= 15 is 0 Å². The van der Waals surface area contributed by atoms with Crippen molar-refractivity contribution in [1.82, 2.24) is 5.32 Å². The van der Waals surface area contributed by atoms with Crippen molar-refractivity contribution in [3.63, 3.8) is 0 Å². The second-order valence-electron chi connectivity index (χ2n) is 2.02. The number of nitrogens with zero attached hydrogens (tertiary/aromatic N) is 1. The SMILES string of the molecule is NC(=O)NC1=NC=CC(=O)C1. The highest BCUT2D eigenvalue weighted by molar-refractivity contribution is 6.11. The predicted octanol–water partition coefficient (Wildman–Crippen LogP) is -0.460. The number of primary amides is 1. The van der Waals surface area contributed by atoms with Gasteiger partial charge in [0, 0.05) is 6.20 Å². The Morgan fingerprint density at radius 1 is 1.73 bits per heavy atom. The molecule has 0 aromatic heterocycles. The number of rotatable bonds is 0. The van der Waals surface area contributed by atoms with E-state index in [1.807, 2.05) is 0 Å². The van der Waals surface area contributed by atoms with Crippen molar-refractivity contribution < 1.29 is 9.59 Å². The Kier molecular flexibility index (Phi) is 2.00. The van der Waals surface area contributed by atoms with Gasteiger partial charge in [-0.3, -0.25) is 10.1 Å². The second-order valence-corrected chi connectivity index (χ2v) is 2.02. The number of nitrogens with two attached hydrogens (primary N) is 1. The highest BCUT2D eigenvalue weighted by atomic mass is 16.2. The molecule has 1 aliphatic heterocycles. The summed E-state index contributed by atoms with van der Waals surface area (Å²) in [6.45, 7) is 0. The summed E-state index contributed by atoms with van der Waals surface area (Å²) in [7, 11) is 0. The van der Waals surface area contributed by atoms with Crippen LogP contribution < -0.4 is 11.1 Å². The van der Waals surface area contributed by atoms with Crippen LogP contribution in [0.2, 0.25) is 0 Å². The highest BCUT2D eigenvalue weighted by Crippen LogP contribution is 1.95. The third-order valence-corrected chi connectivity index (χ3v) is 1.10. The highest BCUT2D eigenvalue weighted by Gasteiger charge is 2.08. The lowest BCUT2D eigenvalue weighted by molar-refractivity contribution is -0.113. The first-order valence-corrected chi connectivity index (χ1v) is 3.01. The van der Waals surface area contributed by atoms with Crippen LogP contribution >= 0.6 is 0 Å². The maximum absolute atomic E-state index is 10.7. The van der Waals surface area contributed by atoms with Crippen LogP contribution in [-0.2, 0) is 4.79 Å². The Bertz CT molecular complexity index is 255. The van der Waals surface area contributed by atoms with Gasteiger partial charge in [-0.25, -0.2) is 9.79 Å². The number of ketones is 1. The number of allylic oxidation sites excluding steroid dienone is 1. The lowest BCUT2D eigenvalue weighted by Gasteiger charge is -2.05. The lowest BCUT2D eigenvalue weighted by Crippen LogP contribution is -2.36. The first-order valence-electron chi connectivity index (χ1n) is 3.01. The molecule has 5 heteroatoms. The zero-order valence-electron chi connectivity index (χ0n) is 5.70. The van der Waals surface area contributed by atoms with E-state index in [4.69, 9.17) is 5.73 Å². The standard InChI is InChI=1S/C6H7N3O2/c7-6(11)9-5-3-4(10)1-2-8-5/h1-2H,3H2,(H3,7,8,9,11). The smallest absolute Gasteiger partial charge is 0.317 e. The van der Waals surface area contributed by atoms with Gasteiger partial charge >= 0.3 is 6.03 Å². The predicted molar refractivity (Wildman–Crippen MR) is 38.9 cm³/mol. The molecule has 0 aliphatic carbocycles. The molecular weight excluding hydrogens is 146 g/mol. The van der Waals surface area contributed by atoms with Gasteiger partial charge in [0.1, 0.15) is 5.84 Å². The second kappa shape index (κ2) is 2.96. The molecule has 0 saturated heterocycles. The summed E-state index contributed by atoms with van der Waals surface area (Å²) in [5.41, 5.74) is 4.80. The molecule has 58 valence electrons. The van der Waals surface area contributed by atoms with E-state index < -0.39 is 6.03 Å². The van der Waals surface area contributed by atoms with Crippen LogP contribution in [0.25, 0.3) is 0 Å². The fraction of sp³-hybridized carbons (Fsp3) is 0.167. The third kappa shape index (κ3) is 2.21. The monoisotopic (exact) mass is 153 g/mol. The van der Waals surface area contributed by atoms with Gasteiger partial charge < -0.3 is 5.73 Å². The summed E-state index contributed by atoms with van der Waals surface area (Å²) in [6, 6.07) is -0.702. The van der Waals surface area contributed by atoms with Gasteiger partial charge in [0.2, 0.25) is 0 Å². The topological polar surface area (TPSA) is 84.6 Å². The molecule has 0 spiro atoms. The Morgan fingerprint density at radius 2 is 2.45 bits per heavy atom. The molecule has 0 fully saturated rings. The van der Waals surface area contributed by atoms with E-state index in [1.165, 1.54) is 12.3 Å². The molecule has 1 heterocycles. The number of amides is 2. The molecule has 1 rings (SSSR count). The molecule has 1 aliphatic rings. The summed E-state index contributed by atoms with van der Waals surface area (Å²) in [6.07, 6.45) is 2.78. The number of hydrogen-bond acceptors (Lipinski definition) is 3. The summed E-state index contributed by atoms with van der Waals surface area (Å²) in [5, 5.41) is 2.23. The van der Waals surface area contributed by atoms with Crippen molar-refractivity contribution in [3.8, 4) is 0 Å². The van der Waals surface area contributed by atoms with Gasteiger partial charge in [0.25, 0.3) is 0 Å². The maximum atomic E-state index is 10.7. The van der Waals surface area contributed by atoms with Crippen molar-refractivity contribution in [2.75, 3.05) is 0 Å². The average molecular weight is 153 g/mol. The van der Waals surface area contributed by atoms with Gasteiger partial charge in [-0.1, -0.05) is 0 Å². The fourth-order valence-corrected chi connectivity index (χ4v) is 0.699. The Morgan fingerprint density at radius 3 is 3.00 bits per heavy atom. The molecule has 0 radical (unpaired) electrons. The zero-order valence-corrected chi connectivity index (χ0v) is 5.70. The van der Waals surface area contributed by atoms with E-state index in [9.17, 15) is 9.59 Å². The normalized spacial score (nSPS) is 16.0. The van der Waals surface area contributed by atoms with Crippen LogP contribution in [-0.4, -0.2) is 17.6 Å². The molecule has 0 aromatic rings. The van der Waals surface area contributed by atoms with Crippen LogP contribution in [0.3, 0.4) is 0 Å². The van der Waals surface area contributed by atoms with Crippen molar-refractivity contribution >= 4 is 17.6 Å². The Hall–Kier alpha value is -1.65. The van der Waals surface area contributed by atoms with E-state index in [0.29, 0.717) is 5.84 Å². The summed E-state index contributed by atoms with van der Waals surface area (Å²) in [5.74, 6) is 0.203. The molecule has 5 nitrogen and oxygen atoms in total. The van der Waals surface area contributed by atoms with E-state index in [0.717, 1.165) is 0 Å². The van der Waals surface area contributed by atoms with Gasteiger partial charge in [-0.15, -0.1) is 0 Å². The summed E-state index contributed by atoms with van der Waals surface area (Å²) in [4.78, 5) is 24.7. The Labute approximate surface area is 63.0 Å². The number of aliphatic imine (C=N–C) groups is 1. The molecule has 0 unspecified atom stereocenters. The number of amidine groups is 1.